The average molecular weight is 406 g/mol. The van der Waals surface area contributed by atoms with Crippen LogP contribution in [0.2, 0.25) is 0 Å². The molecule has 0 aliphatic rings. The lowest BCUT2D eigenvalue weighted by Crippen LogP contribution is -2.13. The third-order valence-corrected chi connectivity index (χ3v) is 4.70. The van der Waals surface area contributed by atoms with Gasteiger partial charge in [-0.15, -0.1) is 0 Å². The summed E-state index contributed by atoms with van der Waals surface area (Å²) in [6, 6.07) is 13.4. The number of hydrogen-bond donors (Lipinski definition) is 1. The van der Waals surface area contributed by atoms with Crippen LogP contribution < -0.4 is 14.8 Å². The van der Waals surface area contributed by atoms with E-state index in [4.69, 9.17) is 9.47 Å². The van der Waals surface area contributed by atoms with Gasteiger partial charge in [0.15, 0.2) is 22.8 Å². The number of benzene rings is 2. The zero-order valence-corrected chi connectivity index (χ0v) is 16.6. The Morgan fingerprint density at radius 2 is 1.83 bits per heavy atom. The van der Waals surface area contributed by atoms with Gasteiger partial charge in [0, 0.05) is 23.5 Å². The Kier molecular flexibility index (Phi) is 5.05. The molecule has 1 N–H and O–H groups in total. The Hall–Kier alpha value is -3.94. The monoisotopic (exact) mass is 406 g/mol. The summed E-state index contributed by atoms with van der Waals surface area (Å²) in [4.78, 5) is 16.9. The van der Waals surface area contributed by atoms with Gasteiger partial charge >= 0.3 is 0 Å². The maximum Gasteiger partial charge on any atom is 0.276 e. The first-order valence-electron chi connectivity index (χ1n) is 9.15. The summed E-state index contributed by atoms with van der Waals surface area (Å²) < 4.78 is 26.0. The van der Waals surface area contributed by atoms with Crippen LogP contribution in [-0.2, 0) is 0 Å². The van der Waals surface area contributed by atoms with Crippen molar-refractivity contribution in [3.05, 3.63) is 71.8 Å². The van der Waals surface area contributed by atoms with Gasteiger partial charge in [0.25, 0.3) is 5.91 Å². The van der Waals surface area contributed by atoms with Crippen LogP contribution in [0.25, 0.3) is 16.9 Å². The summed E-state index contributed by atoms with van der Waals surface area (Å²) >= 11 is 0. The van der Waals surface area contributed by atoms with Crippen LogP contribution >= 0.6 is 0 Å². The minimum atomic E-state index is -0.456. The average Bonchev–Trinajstić information content (AvgIpc) is 3.20. The van der Waals surface area contributed by atoms with Gasteiger partial charge in [-0.05, 0) is 48.9 Å². The van der Waals surface area contributed by atoms with Gasteiger partial charge in [-0.1, -0.05) is 6.07 Å². The number of fused-ring (bicyclic) bond motifs is 1. The van der Waals surface area contributed by atoms with Gasteiger partial charge in [-0.2, -0.15) is 5.10 Å². The summed E-state index contributed by atoms with van der Waals surface area (Å²) in [6.45, 7) is 1.66. The number of halogens is 1. The van der Waals surface area contributed by atoms with Crippen molar-refractivity contribution >= 4 is 17.2 Å². The molecule has 1 amide bonds. The summed E-state index contributed by atoms with van der Waals surface area (Å²) in [5, 5.41) is 7.06. The second kappa shape index (κ2) is 7.82. The lowest BCUT2D eigenvalue weighted by atomic mass is 10.1. The zero-order chi connectivity index (χ0) is 21.3. The Labute approximate surface area is 172 Å². The van der Waals surface area contributed by atoms with E-state index in [0.717, 1.165) is 11.3 Å². The molecule has 2 heterocycles. The number of amides is 1. The SMILES string of the molecule is COc1ccc(-c2ccnc3cc(C(=O)Nc4ccc(C)c(F)c4)nn23)cc1OC. The van der Waals surface area contributed by atoms with Crippen LogP contribution in [0.5, 0.6) is 11.5 Å². The number of ether oxygens (including phenoxy) is 2. The van der Waals surface area contributed by atoms with E-state index in [1.54, 1.807) is 62.2 Å². The summed E-state index contributed by atoms with van der Waals surface area (Å²) in [5.74, 6) is 0.339. The molecule has 4 aromatic rings. The van der Waals surface area contributed by atoms with Crippen molar-refractivity contribution in [1.82, 2.24) is 14.6 Å². The normalized spacial score (nSPS) is 10.8. The Morgan fingerprint density at radius 1 is 1.03 bits per heavy atom. The maximum atomic E-state index is 13.8. The molecular formula is C22H19FN4O3. The minimum Gasteiger partial charge on any atom is -0.493 e. The number of rotatable bonds is 5. The van der Waals surface area contributed by atoms with E-state index in [-0.39, 0.29) is 11.5 Å². The molecule has 30 heavy (non-hydrogen) atoms. The molecule has 7 nitrogen and oxygen atoms in total. The molecule has 0 radical (unpaired) electrons. The maximum absolute atomic E-state index is 13.8. The number of methoxy groups -OCH3 is 2. The Morgan fingerprint density at radius 3 is 2.57 bits per heavy atom. The van der Waals surface area contributed by atoms with Crippen LogP contribution in [0.1, 0.15) is 16.1 Å². The van der Waals surface area contributed by atoms with Crippen molar-refractivity contribution in [2.45, 2.75) is 6.92 Å². The lowest BCUT2D eigenvalue weighted by Gasteiger charge is -2.10. The number of nitrogens with one attached hydrogen (secondary N) is 1. The fourth-order valence-corrected chi connectivity index (χ4v) is 3.09. The van der Waals surface area contributed by atoms with Crippen molar-refractivity contribution in [1.29, 1.82) is 0 Å². The topological polar surface area (TPSA) is 77.8 Å². The van der Waals surface area contributed by atoms with Crippen molar-refractivity contribution in [3.63, 3.8) is 0 Å². The van der Waals surface area contributed by atoms with Crippen molar-refractivity contribution in [3.8, 4) is 22.8 Å². The van der Waals surface area contributed by atoms with Gasteiger partial charge < -0.3 is 14.8 Å². The molecule has 0 fully saturated rings. The molecule has 8 heteroatoms. The van der Waals surface area contributed by atoms with Crippen LogP contribution in [0, 0.1) is 12.7 Å². The molecule has 0 bridgehead atoms. The Bertz CT molecular complexity index is 1250. The fraction of sp³-hybridized carbons (Fsp3) is 0.136. The minimum absolute atomic E-state index is 0.163. The van der Waals surface area contributed by atoms with Gasteiger partial charge in [0.05, 0.1) is 19.9 Å². The van der Waals surface area contributed by atoms with Crippen LogP contribution in [0.3, 0.4) is 0 Å². The zero-order valence-electron chi connectivity index (χ0n) is 16.6. The second-order valence-electron chi connectivity index (χ2n) is 6.62. The number of aryl methyl sites for hydroxylation is 1. The number of carbonyl (C=O) groups is 1. The highest BCUT2D eigenvalue weighted by molar-refractivity contribution is 6.03. The quantitative estimate of drug-likeness (QED) is 0.540. The molecular weight excluding hydrogens is 387 g/mol. The first kappa shape index (κ1) is 19.4. The lowest BCUT2D eigenvalue weighted by molar-refractivity contribution is 0.102. The fourth-order valence-electron chi connectivity index (χ4n) is 3.09. The first-order valence-corrected chi connectivity index (χ1v) is 9.15. The number of hydrogen-bond acceptors (Lipinski definition) is 5. The summed E-state index contributed by atoms with van der Waals surface area (Å²) in [5.41, 5.74) is 3.06. The molecule has 0 saturated heterocycles. The standard InChI is InChI=1S/C22H19FN4O3/c1-13-4-6-15(11-16(13)23)25-22(28)17-12-21-24-9-8-18(27(21)26-17)14-5-7-19(29-2)20(10-14)30-3/h4-12H,1-3H3,(H,25,28). The third-order valence-electron chi connectivity index (χ3n) is 4.70. The van der Waals surface area contributed by atoms with Gasteiger partial charge in [0.2, 0.25) is 0 Å². The Balaban J connectivity index is 1.70. The third kappa shape index (κ3) is 3.55. The largest absolute Gasteiger partial charge is 0.493 e. The summed E-state index contributed by atoms with van der Waals surface area (Å²) in [6.07, 6.45) is 1.64. The second-order valence-corrected chi connectivity index (χ2v) is 6.62. The van der Waals surface area contributed by atoms with Gasteiger partial charge in [0.1, 0.15) is 5.82 Å². The molecule has 2 aromatic carbocycles. The molecule has 2 aromatic heterocycles. The molecule has 0 aliphatic heterocycles. The molecule has 4 rings (SSSR count). The highest BCUT2D eigenvalue weighted by Crippen LogP contribution is 2.32. The number of nitrogens with zero attached hydrogens (tertiary/aromatic N) is 3. The van der Waals surface area contributed by atoms with E-state index in [1.165, 1.54) is 6.07 Å². The van der Waals surface area contributed by atoms with Crippen molar-refractivity contribution in [2.75, 3.05) is 19.5 Å². The van der Waals surface area contributed by atoms with E-state index in [2.05, 4.69) is 15.4 Å². The number of aromatic nitrogens is 3. The van der Waals surface area contributed by atoms with Gasteiger partial charge in [-0.3, -0.25) is 4.79 Å². The van der Waals surface area contributed by atoms with E-state index < -0.39 is 5.91 Å². The van der Waals surface area contributed by atoms with E-state index in [0.29, 0.717) is 28.4 Å². The highest BCUT2D eigenvalue weighted by atomic mass is 19.1. The van der Waals surface area contributed by atoms with E-state index >= 15 is 0 Å². The van der Waals surface area contributed by atoms with Crippen LogP contribution in [-0.4, -0.2) is 34.7 Å². The highest BCUT2D eigenvalue weighted by Gasteiger charge is 2.16. The van der Waals surface area contributed by atoms with Crippen molar-refractivity contribution in [2.24, 2.45) is 0 Å². The molecule has 0 atom stereocenters. The number of carbonyl (C=O) groups excluding carboxylic acids is 1. The molecule has 152 valence electrons. The molecule has 0 unspecified atom stereocenters. The van der Waals surface area contributed by atoms with E-state index in [1.807, 2.05) is 12.1 Å². The molecule has 0 spiro atoms. The van der Waals surface area contributed by atoms with Crippen LogP contribution in [0.15, 0.2) is 54.7 Å². The first-order chi connectivity index (χ1) is 14.5. The molecule has 0 saturated carbocycles. The van der Waals surface area contributed by atoms with E-state index in [9.17, 15) is 9.18 Å². The number of anilines is 1. The predicted octanol–water partition coefficient (Wildman–Crippen LogP) is 4.11. The van der Waals surface area contributed by atoms with Crippen LogP contribution in [0.4, 0.5) is 10.1 Å². The van der Waals surface area contributed by atoms with Crippen molar-refractivity contribution < 1.29 is 18.7 Å². The smallest absolute Gasteiger partial charge is 0.276 e. The van der Waals surface area contributed by atoms with Gasteiger partial charge in [-0.25, -0.2) is 13.9 Å². The summed E-state index contributed by atoms with van der Waals surface area (Å²) in [7, 11) is 3.13. The predicted molar refractivity (Wildman–Crippen MR) is 111 cm³/mol. The molecule has 0 aliphatic carbocycles.